The van der Waals surface area contributed by atoms with Crippen LogP contribution >= 0.6 is 0 Å². The summed E-state index contributed by atoms with van der Waals surface area (Å²) in [7, 11) is 0. The monoisotopic (exact) mass is 330 g/mol. The zero-order chi connectivity index (χ0) is 17.1. The third-order valence-corrected chi connectivity index (χ3v) is 8.03. The van der Waals surface area contributed by atoms with Crippen LogP contribution in [0.15, 0.2) is 11.6 Å². The average molecular weight is 330 g/mol. The fourth-order valence-electron chi connectivity index (χ4n) is 6.71. The van der Waals surface area contributed by atoms with E-state index in [1.54, 1.807) is 0 Å². The standard InChI is InChI=1S/C21H30O3/c1-4-24-18-12-14-15-5-6-19(23)21(15,3)10-8-16(14)20(2)9-7-13(22)11-17(18)20/h11,14-16,18H,4-10,12H2,1-3H3/t14-,15-,16-,18+,20+,21-/m0/s1. The molecular formula is C21H30O3. The number of carbonyl (C=O) groups excluding carboxylic acids is 2. The lowest BCUT2D eigenvalue weighted by atomic mass is 9.47. The Morgan fingerprint density at radius 1 is 1.08 bits per heavy atom. The Bertz CT molecular complexity index is 606. The van der Waals surface area contributed by atoms with Crippen molar-refractivity contribution in [2.45, 2.75) is 71.8 Å². The Labute approximate surface area is 145 Å². The van der Waals surface area contributed by atoms with Gasteiger partial charge in [-0.1, -0.05) is 13.8 Å². The zero-order valence-electron chi connectivity index (χ0n) is 15.3. The van der Waals surface area contributed by atoms with Crippen LogP contribution in [0.3, 0.4) is 0 Å². The molecule has 3 heteroatoms. The van der Waals surface area contributed by atoms with Crippen LogP contribution in [-0.2, 0) is 14.3 Å². The molecule has 0 N–H and O–H groups in total. The van der Waals surface area contributed by atoms with Crippen LogP contribution in [0.4, 0.5) is 0 Å². The molecular weight excluding hydrogens is 300 g/mol. The molecule has 0 bridgehead atoms. The molecule has 0 aromatic carbocycles. The maximum absolute atomic E-state index is 12.5. The van der Waals surface area contributed by atoms with E-state index in [9.17, 15) is 9.59 Å². The van der Waals surface area contributed by atoms with Crippen LogP contribution in [-0.4, -0.2) is 24.3 Å². The smallest absolute Gasteiger partial charge is 0.155 e. The van der Waals surface area contributed by atoms with Crippen LogP contribution in [0.5, 0.6) is 0 Å². The second-order valence-corrected chi connectivity index (χ2v) is 8.96. The van der Waals surface area contributed by atoms with Crippen molar-refractivity contribution < 1.29 is 14.3 Å². The molecule has 132 valence electrons. The zero-order valence-corrected chi connectivity index (χ0v) is 15.3. The van der Waals surface area contributed by atoms with Gasteiger partial charge in [0.1, 0.15) is 5.78 Å². The second kappa shape index (κ2) is 5.52. The predicted molar refractivity (Wildman–Crippen MR) is 92.5 cm³/mol. The van der Waals surface area contributed by atoms with Gasteiger partial charge in [-0.25, -0.2) is 0 Å². The molecule has 3 fully saturated rings. The summed E-state index contributed by atoms with van der Waals surface area (Å²) in [6.07, 6.45) is 8.60. The lowest BCUT2D eigenvalue weighted by molar-refractivity contribution is -0.135. The minimum Gasteiger partial charge on any atom is -0.374 e. The lowest BCUT2D eigenvalue weighted by Crippen LogP contribution is -2.54. The van der Waals surface area contributed by atoms with E-state index in [0.717, 1.165) is 38.5 Å². The van der Waals surface area contributed by atoms with Crippen molar-refractivity contribution in [2.24, 2.45) is 28.6 Å². The Kier molecular flexibility index (Phi) is 3.80. The summed E-state index contributed by atoms with van der Waals surface area (Å²) in [6, 6.07) is 0. The van der Waals surface area contributed by atoms with Crippen LogP contribution in [0.25, 0.3) is 0 Å². The molecule has 0 heterocycles. The van der Waals surface area contributed by atoms with Gasteiger partial charge in [0.05, 0.1) is 6.10 Å². The Morgan fingerprint density at radius 2 is 1.83 bits per heavy atom. The molecule has 0 saturated heterocycles. The van der Waals surface area contributed by atoms with E-state index in [-0.39, 0.29) is 22.7 Å². The molecule has 4 aliphatic rings. The predicted octanol–water partition coefficient (Wildman–Crippen LogP) is 4.10. The van der Waals surface area contributed by atoms with Crippen LogP contribution in [0, 0.1) is 28.6 Å². The van der Waals surface area contributed by atoms with Crippen molar-refractivity contribution in [1.29, 1.82) is 0 Å². The van der Waals surface area contributed by atoms with E-state index in [0.29, 0.717) is 36.6 Å². The molecule has 0 aliphatic heterocycles. The van der Waals surface area contributed by atoms with Crippen molar-refractivity contribution in [3.63, 3.8) is 0 Å². The van der Waals surface area contributed by atoms with Gasteiger partial charge in [0.15, 0.2) is 5.78 Å². The van der Waals surface area contributed by atoms with Gasteiger partial charge in [-0.05, 0) is 73.8 Å². The van der Waals surface area contributed by atoms with Gasteiger partial charge >= 0.3 is 0 Å². The molecule has 3 nitrogen and oxygen atoms in total. The number of Topliss-reactive ketones (excluding diaryl/α,β-unsaturated/α-hetero) is 1. The van der Waals surface area contributed by atoms with Crippen molar-refractivity contribution in [2.75, 3.05) is 6.61 Å². The number of ether oxygens (including phenoxy) is 1. The number of ketones is 2. The van der Waals surface area contributed by atoms with Crippen LogP contribution < -0.4 is 0 Å². The molecule has 0 aromatic heterocycles. The molecule has 0 amide bonds. The van der Waals surface area contributed by atoms with Crippen LogP contribution in [0.2, 0.25) is 0 Å². The minimum atomic E-state index is -0.0972. The first-order chi connectivity index (χ1) is 11.4. The SMILES string of the molecule is CCO[C@@H]1C[C@@H]2[C@H](CC[C@]3(C)C(=O)CC[C@@H]23)[C@@]2(C)CCC(=O)C=C12. The van der Waals surface area contributed by atoms with Crippen molar-refractivity contribution in [1.82, 2.24) is 0 Å². The Hall–Kier alpha value is -0.960. The molecule has 3 saturated carbocycles. The average Bonchev–Trinajstić information content (AvgIpc) is 2.85. The number of rotatable bonds is 2. The topological polar surface area (TPSA) is 43.4 Å². The van der Waals surface area contributed by atoms with E-state index < -0.39 is 0 Å². The van der Waals surface area contributed by atoms with Crippen molar-refractivity contribution >= 4 is 11.6 Å². The maximum atomic E-state index is 12.5. The number of carbonyl (C=O) groups is 2. The highest BCUT2D eigenvalue weighted by atomic mass is 16.5. The molecule has 0 unspecified atom stereocenters. The minimum absolute atomic E-state index is 0.0727. The molecule has 0 radical (unpaired) electrons. The number of fused-ring (bicyclic) bond motifs is 5. The van der Waals surface area contributed by atoms with E-state index >= 15 is 0 Å². The van der Waals surface area contributed by atoms with E-state index in [2.05, 4.69) is 13.8 Å². The molecule has 0 spiro atoms. The molecule has 24 heavy (non-hydrogen) atoms. The largest absolute Gasteiger partial charge is 0.374 e. The van der Waals surface area contributed by atoms with Gasteiger partial charge in [0, 0.05) is 24.9 Å². The maximum Gasteiger partial charge on any atom is 0.155 e. The van der Waals surface area contributed by atoms with Gasteiger partial charge in [0.2, 0.25) is 0 Å². The normalized spacial score (nSPS) is 47.7. The highest BCUT2D eigenvalue weighted by molar-refractivity contribution is 5.92. The van der Waals surface area contributed by atoms with Gasteiger partial charge in [-0.3, -0.25) is 9.59 Å². The summed E-state index contributed by atoms with van der Waals surface area (Å²) in [4.78, 5) is 24.6. The fourth-order valence-corrected chi connectivity index (χ4v) is 6.71. The highest BCUT2D eigenvalue weighted by Gasteiger charge is 2.60. The molecule has 0 aromatic rings. The van der Waals surface area contributed by atoms with Gasteiger partial charge in [-0.15, -0.1) is 0 Å². The van der Waals surface area contributed by atoms with E-state index in [4.69, 9.17) is 4.74 Å². The fraction of sp³-hybridized carbons (Fsp3) is 0.810. The number of hydrogen-bond donors (Lipinski definition) is 0. The van der Waals surface area contributed by atoms with Crippen LogP contribution in [0.1, 0.15) is 65.7 Å². The lowest BCUT2D eigenvalue weighted by Gasteiger charge is -2.58. The van der Waals surface area contributed by atoms with Gasteiger partial charge < -0.3 is 4.74 Å². The van der Waals surface area contributed by atoms with Gasteiger partial charge in [0.25, 0.3) is 0 Å². The molecule has 6 atom stereocenters. The third kappa shape index (κ3) is 2.13. The first kappa shape index (κ1) is 16.5. The summed E-state index contributed by atoms with van der Waals surface area (Å²) in [5.74, 6) is 2.45. The first-order valence-corrected chi connectivity index (χ1v) is 9.80. The quantitative estimate of drug-likeness (QED) is 0.765. The van der Waals surface area contributed by atoms with E-state index in [1.165, 1.54) is 5.57 Å². The molecule has 4 rings (SSSR count). The Balaban J connectivity index is 1.74. The molecule has 4 aliphatic carbocycles. The summed E-state index contributed by atoms with van der Waals surface area (Å²) in [5, 5.41) is 0. The summed E-state index contributed by atoms with van der Waals surface area (Å²) in [5.41, 5.74) is 1.25. The Morgan fingerprint density at radius 3 is 2.58 bits per heavy atom. The van der Waals surface area contributed by atoms with Crippen molar-refractivity contribution in [3.05, 3.63) is 11.6 Å². The number of hydrogen-bond acceptors (Lipinski definition) is 3. The first-order valence-electron chi connectivity index (χ1n) is 9.80. The van der Waals surface area contributed by atoms with E-state index in [1.807, 2.05) is 13.0 Å². The third-order valence-electron chi connectivity index (χ3n) is 8.03. The van der Waals surface area contributed by atoms with Crippen molar-refractivity contribution in [3.8, 4) is 0 Å². The highest BCUT2D eigenvalue weighted by Crippen LogP contribution is 2.64. The van der Waals surface area contributed by atoms with Gasteiger partial charge in [-0.2, -0.15) is 0 Å². The summed E-state index contributed by atoms with van der Waals surface area (Å²) >= 11 is 0. The summed E-state index contributed by atoms with van der Waals surface area (Å²) < 4.78 is 6.12. The summed E-state index contributed by atoms with van der Waals surface area (Å²) in [6.45, 7) is 7.31. The second-order valence-electron chi connectivity index (χ2n) is 8.96.